The quantitative estimate of drug-likeness (QED) is 0.395. The maximum absolute atomic E-state index is 14.5. The van der Waals surface area contributed by atoms with Gasteiger partial charge in [0, 0.05) is 35.3 Å². The van der Waals surface area contributed by atoms with Gasteiger partial charge in [-0.3, -0.25) is 9.78 Å². The molecule has 0 saturated heterocycles. The van der Waals surface area contributed by atoms with Gasteiger partial charge in [0.1, 0.15) is 16.9 Å². The second-order valence-electron chi connectivity index (χ2n) is 9.63. The SMILES string of the molecule is COc1c(F)cccc1Nc1c(-c2ccnc3cnc(C4CC4)nc23)[nH]c2c1C(=O)NCC21CC1. The van der Waals surface area contributed by atoms with Crippen LogP contribution in [0.4, 0.5) is 15.8 Å². The second kappa shape index (κ2) is 7.24. The number of aromatic amines is 1. The predicted molar refractivity (Wildman–Crippen MR) is 129 cm³/mol. The number of methoxy groups -OCH3 is 1. The number of nitrogens with one attached hydrogen (secondary N) is 3. The smallest absolute Gasteiger partial charge is 0.255 e. The topological polar surface area (TPSA) is 105 Å². The molecule has 3 aromatic heterocycles. The molecule has 2 saturated carbocycles. The first kappa shape index (κ1) is 20.4. The number of pyridine rings is 1. The summed E-state index contributed by atoms with van der Waals surface area (Å²) in [4.78, 5) is 30.6. The fourth-order valence-electron chi connectivity index (χ4n) is 5.10. The molecule has 176 valence electrons. The number of halogens is 1. The molecule has 0 radical (unpaired) electrons. The molecule has 7 rings (SSSR count). The molecule has 4 aromatic rings. The number of hydrogen-bond acceptors (Lipinski definition) is 6. The Hall–Kier alpha value is -4.01. The van der Waals surface area contributed by atoms with Crippen LogP contribution in [0.3, 0.4) is 0 Å². The van der Waals surface area contributed by atoms with Crippen LogP contribution in [0.2, 0.25) is 0 Å². The Labute approximate surface area is 200 Å². The first-order valence-electron chi connectivity index (χ1n) is 11.8. The number of ether oxygens (including phenoxy) is 1. The molecule has 3 N–H and O–H groups in total. The van der Waals surface area contributed by atoms with Gasteiger partial charge in [-0.05, 0) is 43.9 Å². The molecule has 4 heterocycles. The normalized spacial score (nSPS) is 17.8. The number of anilines is 2. The second-order valence-corrected chi connectivity index (χ2v) is 9.63. The van der Waals surface area contributed by atoms with Gasteiger partial charge in [-0.1, -0.05) is 6.07 Å². The van der Waals surface area contributed by atoms with Gasteiger partial charge in [0.05, 0.1) is 35.9 Å². The van der Waals surface area contributed by atoms with Gasteiger partial charge in [0.25, 0.3) is 5.91 Å². The molecular formula is C26H23FN6O2. The predicted octanol–water partition coefficient (Wildman–Crippen LogP) is 4.56. The maximum atomic E-state index is 14.5. The highest BCUT2D eigenvalue weighted by molar-refractivity contribution is 6.08. The number of benzene rings is 1. The van der Waals surface area contributed by atoms with Gasteiger partial charge >= 0.3 is 0 Å². The highest BCUT2D eigenvalue weighted by Crippen LogP contribution is 2.54. The van der Waals surface area contributed by atoms with E-state index in [1.54, 1.807) is 24.5 Å². The number of rotatable bonds is 5. The fraction of sp³-hybridized carbons (Fsp3) is 0.308. The minimum absolute atomic E-state index is 0.0867. The van der Waals surface area contributed by atoms with E-state index in [-0.39, 0.29) is 17.1 Å². The van der Waals surface area contributed by atoms with Gasteiger partial charge in [-0.25, -0.2) is 14.4 Å². The van der Waals surface area contributed by atoms with E-state index in [4.69, 9.17) is 9.72 Å². The van der Waals surface area contributed by atoms with Crippen molar-refractivity contribution in [1.82, 2.24) is 25.3 Å². The summed E-state index contributed by atoms with van der Waals surface area (Å²) in [5, 5.41) is 6.38. The van der Waals surface area contributed by atoms with Crippen molar-refractivity contribution in [3.8, 4) is 17.0 Å². The van der Waals surface area contributed by atoms with Gasteiger partial charge in [-0.15, -0.1) is 0 Å². The van der Waals surface area contributed by atoms with Gasteiger partial charge in [0.15, 0.2) is 11.6 Å². The fourth-order valence-corrected chi connectivity index (χ4v) is 5.10. The Balaban J connectivity index is 1.48. The summed E-state index contributed by atoms with van der Waals surface area (Å²) < 4.78 is 19.8. The van der Waals surface area contributed by atoms with Crippen LogP contribution in [0.1, 0.15) is 53.5 Å². The third-order valence-electron chi connectivity index (χ3n) is 7.34. The number of H-pyrrole nitrogens is 1. The standard InChI is InChI=1S/C26H23FN6O2/c1-35-22-15(27)3-2-4-16(22)31-21-18-23(26(8-9-26)12-30-25(18)34)32-20(21)14-7-10-28-17-11-29-24(13-5-6-13)33-19(14)17/h2-4,7,10-11,13,31-32H,5-6,8-9,12H2,1H3,(H,30,34). The third-order valence-corrected chi connectivity index (χ3v) is 7.34. The molecule has 0 unspecified atom stereocenters. The minimum atomic E-state index is -0.484. The third kappa shape index (κ3) is 3.10. The van der Waals surface area contributed by atoms with Crippen molar-refractivity contribution in [2.75, 3.05) is 19.0 Å². The van der Waals surface area contributed by atoms with Crippen LogP contribution in [0.15, 0.2) is 36.7 Å². The number of aromatic nitrogens is 4. The molecule has 35 heavy (non-hydrogen) atoms. The number of para-hydroxylation sites is 1. The van der Waals surface area contributed by atoms with Crippen molar-refractivity contribution in [1.29, 1.82) is 0 Å². The molecule has 3 aliphatic rings. The van der Waals surface area contributed by atoms with E-state index in [0.717, 1.165) is 54.0 Å². The van der Waals surface area contributed by atoms with E-state index >= 15 is 0 Å². The Kier molecular flexibility index (Phi) is 4.22. The molecule has 1 spiro atoms. The Bertz CT molecular complexity index is 1520. The lowest BCUT2D eigenvalue weighted by Crippen LogP contribution is -2.39. The van der Waals surface area contributed by atoms with Crippen molar-refractivity contribution in [2.45, 2.75) is 37.0 Å². The van der Waals surface area contributed by atoms with Crippen LogP contribution < -0.4 is 15.4 Å². The highest BCUT2D eigenvalue weighted by atomic mass is 19.1. The molecule has 2 aliphatic carbocycles. The first-order valence-corrected chi connectivity index (χ1v) is 11.8. The number of nitrogens with zero attached hydrogens (tertiary/aromatic N) is 3. The number of fused-ring (bicyclic) bond motifs is 3. The summed E-state index contributed by atoms with van der Waals surface area (Å²) in [7, 11) is 1.43. The van der Waals surface area contributed by atoms with Crippen LogP contribution in [0, 0.1) is 5.82 Å². The average Bonchev–Trinajstić information content (AvgIpc) is 3.80. The summed E-state index contributed by atoms with van der Waals surface area (Å²) in [6.07, 6.45) is 7.65. The van der Waals surface area contributed by atoms with E-state index in [1.165, 1.54) is 13.2 Å². The van der Waals surface area contributed by atoms with Crippen LogP contribution in [-0.2, 0) is 5.41 Å². The number of amides is 1. The monoisotopic (exact) mass is 470 g/mol. The molecule has 0 atom stereocenters. The molecule has 8 nitrogen and oxygen atoms in total. The number of carbonyl (C=O) groups excluding carboxylic acids is 1. The van der Waals surface area contributed by atoms with E-state index in [9.17, 15) is 9.18 Å². The van der Waals surface area contributed by atoms with Crippen molar-refractivity contribution < 1.29 is 13.9 Å². The first-order chi connectivity index (χ1) is 17.1. The van der Waals surface area contributed by atoms with Crippen molar-refractivity contribution in [3.63, 3.8) is 0 Å². The number of hydrogen-bond donors (Lipinski definition) is 3. The van der Waals surface area contributed by atoms with Gasteiger partial charge in [-0.2, -0.15) is 0 Å². The zero-order valence-electron chi connectivity index (χ0n) is 19.1. The van der Waals surface area contributed by atoms with Crippen molar-refractivity contribution >= 4 is 28.3 Å². The van der Waals surface area contributed by atoms with E-state index < -0.39 is 5.82 Å². The van der Waals surface area contributed by atoms with Crippen molar-refractivity contribution in [3.05, 3.63) is 59.6 Å². The summed E-state index contributed by atoms with van der Waals surface area (Å²) in [5.41, 5.74) is 5.32. The van der Waals surface area contributed by atoms with Crippen LogP contribution in [0.5, 0.6) is 5.75 Å². The zero-order chi connectivity index (χ0) is 23.7. The molecular weight excluding hydrogens is 447 g/mol. The average molecular weight is 471 g/mol. The summed E-state index contributed by atoms with van der Waals surface area (Å²) in [6.45, 7) is 0.604. The van der Waals surface area contributed by atoms with E-state index in [2.05, 4.69) is 25.6 Å². The summed E-state index contributed by atoms with van der Waals surface area (Å²) >= 11 is 0. The molecule has 1 amide bonds. The molecule has 1 aliphatic heterocycles. The molecule has 0 bridgehead atoms. The minimum Gasteiger partial charge on any atom is -0.492 e. The number of carbonyl (C=O) groups is 1. The van der Waals surface area contributed by atoms with Crippen LogP contribution in [-0.4, -0.2) is 39.5 Å². The lowest BCUT2D eigenvalue weighted by atomic mass is 9.93. The Morgan fingerprint density at radius 1 is 1.20 bits per heavy atom. The Morgan fingerprint density at radius 3 is 2.83 bits per heavy atom. The molecule has 1 aromatic carbocycles. The van der Waals surface area contributed by atoms with E-state index in [0.29, 0.717) is 34.9 Å². The molecule has 2 fully saturated rings. The maximum Gasteiger partial charge on any atom is 0.255 e. The zero-order valence-corrected chi connectivity index (χ0v) is 19.1. The van der Waals surface area contributed by atoms with Crippen LogP contribution in [0.25, 0.3) is 22.3 Å². The largest absolute Gasteiger partial charge is 0.492 e. The summed E-state index contributed by atoms with van der Waals surface area (Å²) in [5.74, 6) is 0.649. The lowest BCUT2D eigenvalue weighted by Gasteiger charge is -2.23. The lowest BCUT2D eigenvalue weighted by molar-refractivity contribution is 0.0938. The van der Waals surface area contributed by atoms with Crippen molar-refractivity contribution in [2.24, 2.45) is 0 Å². The highest BCUT2D eigenvalue weighted by Gasteiger charge is 2.51. The van der Waals surface area contributed by atoms with Crippen LogP contribution >= 0.6 is 0 Å². The molecule has 9 heteroatoms. The van der Waals surface area contributed by atoms with Gasteiger partial charge < -0.3 is 20.4 Å². The summed E-state index contributed by atoms with van der Waals surface area (Å²) in [6, 6.07) is 6.58. The van der Waals surface area contributed by atoms with Gasteiger partial charge in [0.2, 0.25) is 0 Å². The Morgan fingerprint density at radius 2 is 2.06 bits per heavy atom. The van der Waals surface area contributed by atoms with E-state index in [1.807, 2.05) is 6.07 Å².